The monoisotopic (exact) mass is 405 g/mol. The van der Waals surface area contributed by atoms with Crippen LogP contribution in [0.4, 0.5) is 5.82 Å². The number of hydrogen-bond donors (Lipinski definition) is 1. The lowest BCUT2D eigenvalue weighted by Gasteiger charge is -2.21. The molecule has 0 unspecified atom stereocenters. The quantitative estimate of drug-likeness (QED) is 0.759. The van der Waals surface area contributed by atoms with E-state index >= 15 is 0 Å². The average molecular weight is 406 g/mol. The highest BCUT2D eigenvalue weighted by molar-refractivity contribution is 7.91. The van der Waals surface area contributed by atoms with E-state index < -0.39 is 21.1 Å². The van der Waals surface area contributed by atoms with Gasteiger partial charge < -0.3 is 9.88 Å². The standard InChI is InChI=1S/C19H27N5O3S/c1-13(2)28(26,27)18-11-24(12-22-18)16(8-15-6-4-5-7-15)19(25)23-17-10-20-14(3)9-21-17/h9-13,15-16H,4-8H2,1-3H3,(H,21,23,25)/t16-/m0/s1. The summed E-state index contributed by atoms with van der Waals surface area (Å²) in [5.74, 6) is 0.575. The van der Waals surface area contributed by atoms with Gasteiger partial charge in [-0.25, -0.2) is 18.4 Å². The van der Waals surface area contributed by atoms with Crippen molar-refractivity contribution in [2.75, 3.05) is 5.32 Å². The topological polar surface area (TPSA) is 107 Å². The van der Waals surface area contributed by atoms with E-state index in [1.54, 1.807) is 24.6 Å². The molecule has 3 rings (SSSR count). The molecule has 2 heterocycles. The summed E-state index contributed by atoms with van der Waals surface area (Å²) >= 11 is 0. The van der Waals surface area contributed by atoms with Gasteiger partial charge in [0.1, 0.15) is 6.04 Å². The van der Waals surface area contributed by atoms with Gasteiger partial charge in [-0.2, -0.15) is 0 Å². The van der Waals surface area contributed by atoms with Crippen LogP contribution >= 0.6 is 0 Å². The third-order valence-corrected chi connectivity index (χ3v) is 7.25. The lowest BCUT2D eigenvalue weighted by Crippen LogP contribution is -2.27. The molecule has 0 aliphatic heterocycles. The van der Waals surface area contributed by atoms with Gasteiger partial charge in [0.25, 0.3) is 0 Å². The van der Waals surface area contributed by atoms with Crippen molar-refractivity contribution in [2.24, 2.45) is 5.92 Å². The molecule has 0 aromatic carbocycles. The van der Waals surface area contributed by atoms with Crippen molar-refractivity contribution in [1.82, 2.24) is 19.5 Å². The number of sulfone groups is 1. The molecule has 0 saturated heterocycles. The van der Waals surface area contributed by atoms with Crippen molar-refractivity contribution in [3.05, 3.63) is 30.6 Å². The summed E-state index contributed by atoms with van der Waals surface area (Å²) in [4.78, 5) is 25.4. The van der Waals surface area contributed by atoms with Crippen molar-refractivity contribution in [1.29, 1.82) is 0 Å². The first-order valence-corrected chi connectivity index (χ1v) is 11.2. The normalized spacial score (nSPS) is 16.4. The average Bonchev–Trinajstić information content (AvgIpc) is 3.33. The fraction of sp³-hybridized carbons (Fsp3) is 0.579. The van der Waals surface area contributed by atoms with Crippen LogP contribution in [0.3, 0.4) is 0 Å². The molecule has 1 aliphatic rings. The highest BCUT2D eigenvalue weighted by Crippen LogP contribution is 2.33. The largest absolute Gasteiger partial charge is 0.324 e. The molecule has 1 saturated carbocycles. The van der Waals surface area contributed by atoms with E-state index in [4.69, 9.17) is 0 Å². The number of anilines is 1. The van der Waals surface area contributed by atoms with E-state index in [1.165, 1.54) is 31.6 Å². The van der Waals surface area contributed by atoms with Crippen molar-refractivity contribution in [3.63, 3.8) is 0 Å². The molecule has 0 spiro atoms. The first-order valence-electron chi connectivity index (χ1n) is 9.64. The Morgan fingerprint density at radius 1 is 1.21 bits per heavy atom. The molecular formula is C19H27N5O3S. The van der Waals surface area contributed by atoms with E-state index in [0.717, 1.165) is 18.5 Å². The molecule has 152 valence electrons. The molecule has 1 N–H and O–H groups in total. The summed E-state index contributed by atoms with van der Waals surface area (Å²) in [5.41, 5.74) is 0.763. The number of aromatic nitrogens is 4. The lowest BCUT2D eigenvalue weighted by atomic mass is 9.97. The number of amides is 1. The molecule has 8 nitrogen and oxygen atoms in total. The van der Waals surface area contributed by atoms with Crippen LogP contribution in [0.1, 0.15) is 57.7 Å². The summed E-state index contributed by atoms with van der Waals surface area (Å²) < 4.78 is 26.4. The van der Waals surface area contributed by atoms with Crippen LogP contribution in [-0.2, 0) is 14.6 Å². The van der Waals surface area contributed by atoms with Gasteiger partial charge in [0, 0.05) is 6.20 Å². The first-order chi connectivity index (χ1) is 13.3. The maximum atomic E-state index is 13.0. The van der Waals surface area contributed by atoms with E-state index in [9.17, 15) is 13.2 Å². The van der Waals surface area contributed by atoms with Crippen LogP contribution in [0, 0.1) is 12.8 Å². The molecule has 1 amide bonds. The van der Waals surface area contributed by atoms with Gasteiger partial charge in [-0.05, 0) is 33.1 Å². The highest BCUT2D eigenvalue weighted by atomic mass is 32.2. The van der Waals surface area contributed by atoms with Crippen LogP contribution in [0.2, 0.25) is 0 Å². The Hall–Kier alpha value is -2.29. The minimum Gasteiger partial charge on any atom is -0.324 e. The summed E-state index contributed by atoms with van der Waals surface area (Å²) in [6.07, 6.45) is 11.2. The molecule has 28 heavy (non-hydrogen) atoms. The summed E-state index contributed by atoms with van der Waals surface area (Å²) in [7, 11) is -3.49. The Kier molecular flexibility index (Phi) is 6.12. The van der Waals surface area contributed by atoms with Crippen LogP contribution in [0.25, 0.3) is 0 Å². The second kappa shape index (κ2) is 8.38. The number of nitrogens with one attached hydrogen (secondary N) is 1. The Labute approximate surface area is 165 Å². The fourth-order valence-electron chi connectivity index (χ4n) is 3.47. The summed E-state index contributed by atoms with van der Waals surface area (Å²) in [6.45, 7) is 5.06. The van der Waals surface area contributed by atoms with Gasteiger partial charge in [-0.15, -0.1) is 0 Å². The summed E-state index contributed by atoms with van der Waals surface area (Å²) in [5, 5.41) is 2.23. The number of imidazole rings is 1. The zero-order valence-electron chi connectivity index (χ0n) is 16.5. The fourth-order valence-corrected chi connectivity index (χ4v) is 4.41. The van der Waals surface area contributed by atoms with Gasteiger partial charge in [-0.3, -0.25) is 9.78 Å². The molecule has 1 fully saturated rings. The van der Waals surface area contributed by atoms with Crippen molar-refractivity contribution in [3.8, 4) is 0 Å². The number of aryl methyl sites for hydroxylation is 1. The van der Waals surface area contributed by atoms with Crippen molar-refractivity contribution < 1.29 is 13.2 Å². The molecule has 1 aliphatic carbocycles. The SMILES string of the molecule is Cc1cnc(NC(=O)[C@H](CC2CCCC2)n2cnc(S(=O)(=O)C(C)C)c2)cn1. The number of carbonyl (C=O) groups excluding carboxylic acids is 1. The zero-order valence-corrected chi connectivity index (χ0v) is 17.3. The van der Waals surface area contributed by atoms with Crippen LogP contribution in [-0.4, -0.2) is 39.1 Å². The minimum atomic E-state index is -3.49. The number of rotatable bonds is 7. The Balaban J connectivity index is 1.85. The molecule has 0 bridgehead atoms. The van der Waals surface area contributed by atoms with E-state index in [0.29, 0.717) is 18.2 Å². The van der Waals surface area contributed by atoms with Crippen LogP contribution in [0.15, 0.2) is 29.9 Å². The number of hydrogen-bond acceptors (Lipinski definition) is 6. The van der Waals surface area contributed by atoms with Gasteiger partial charge in [0.2, 0.25) is 5.91 Å². The predicted octanol–water partition coefficient (Wildman–Crippen LogP) is 2.92. The van der Waals surface area contributed by atoms with Gasteiger partial charge in [0.15, 0.2) is 20.7 Å². The lowest BCUT2D eigenvalue weighted by molar-refractivity contribution is -0.119. The van der Waals surface area contributed by atoms with E-state index in [2.05, 4.69) is 20.3 Å². The molecule has 1 atom stereocenters. The predicted molar refractivity (Wildman–Crippen MR) is 106 cm³/mol. The Morgan fingerprint density at radius 3 is 2.54 bits per heavy atom. The summed E-state index contributed by atoms with van der Waals surface area (Å²) in [6, 6.07) is -0.546. The van der Waals surface area contributed by atoms with Crippen LogP contribution < -0.4 is 5.32 Å². The first kappa shape index (κ1) is 20.4. The van der Waals surface area contributed by atoms with Gasteiger partial charge in [0.05, 0.1) is 29.7 Å². The maximum Gasteiger partial charge on any atom is 0.248 e. The number of carbonyl (C=O) groups is 1. The molecule has 9 heteroatoms. The number of nitrogens with zero attached hydrogens (tertiary/aromatic N) is 4. The van der Waals surface area contributed by atoms with E-state index in [1.807, 2.05) is 6.92 Å². The van der Waals surface area contributed by atoms with Crippen molar-refractivity contribution >= 4 is 21.6 Å². The van der Waals surface area contributed by atoms with E-state index in [-0.39, 0.29) is 10.9 Å². The van der Waals surface area contributed by atoms with Crippen molar-refractivity contribution in [2.45, 2.75) is 69.2 Å². The van der Waals surface area contributed by atoms with Crippen LogP contribution in [0.5, 0.6) is 0 Å². The second-order valence-electron chi connectivity index (χ2n) is 7.69. The third-order valence-electron chi connectivity index (χ3n) is 5.22. The smallest absolute Gasteiger partial charge is 0.248 e. The molecule has 2 aromatic rings. The van der Waals surface area contributed by atoms with Gasteiger partial charge >= 0.3 is 0 Å². The Bertz CT molecular complexity index is 915. The van der Waals surface area contributed by atoms with Gasteiger partial charge in [-0.1, -0.05) is 25.7 Å². The minimum absolute atomic E-state index is 0.00171. The highest BCUT2D eigenvalue weighted by Gasteiger charge is 2.29. The molecular weight excluding hydrogens is 378 g/mol. The maximum absolute atomic E-state index is 13.0. The zero-order chi connectivity index (χ0) is 20.3. The second-order valence-corrected chi connectivity index (χ2v) is 10.1. The molecule has 0 radical (unpaired) electrons. The Morgan fingerprint density at radius 2 is 1.93 bits per heavy atom. The third kappa shape index (κ3) is 4.57. The molecule has 2 aromatic heterocycles.